The summed E-state index contributed by atoms with van der Waals surface area (Å²) in [4.78, 5) is 77.4. The van der Waals surface area contributed by atoms with Crippen molar-refractivity contribution in [3.8, 4) is 23.5 Å². The maximum Gasteiger partial charge on any atom is 0.392 e. The number of fused-ring (bicyclic) bond motifs is 3. The van der Waals surface area contributed by atoms with E-state index >= 15 is 0 Å². The number of nitrogen functional groups attached to an aromatic ring is 3. The number of piperazine rings is 3. The van der Waals surface area contributed by atoms with Gasteiger partial charge in [0, 0.05) is 147 Å². The third kappa shape index (κ3) is 17.6. The van der Waals surface area contributed by atoms with Crippen LogP contribution in [0, 0.1) is 23.7 Å². The number of nitrogens with zero attached hydrogens (tertiary/aromatic N) is 10. The second-order valence-electron chi connectivity index (χ2n) is 24.5. The number of ether oxygens (including phenoxy) is 2. The molecule has 0 aliphatic carbocycles. The van der Waals surface area contributed by atoms with Crippen molar-refractivity contribution in [2.75, 3.05) is 106 Å². The van der Waals surface area contributed by atoms with Crippen LogP contribution in [-0.2, 0) is 4.65 Å². The molecular formula is C69H70B2Cl4F2N15O8. The molecular weight excluding hydrogens is 1370 g/mol. The fraction of sp³-hybridized carbons (Fsp3) is 0.348. The molecule has 100 heavy (non-hydrogen) atoms. The summed E-state index contributed by atoms with van der Waals surface area (Å²) in [6, 6.07) is 29.4. The molecule has 5 radical (unpaired) electrons. The van der Waals surface area contributed by atoms with Gasteiger partial charge in [0.1, 0.15) is 17.7 Å². The topological polar surface area (TPSA) is 286 Å². The van der Waals surface area contributed by atoms with Crippen LogP contribution in [0.15, 0.2) is 109 Å². The zero-order valence-corrected chi connectivity index (χ0v) is 57.4. The Labute approximate surface area is 600 Å². The molecule has 6 fully saturated rings. The summed E-state index contributed by atoms with van der Waals surface area (Å²) in [5.74, 6) is -0.282. The van der Waals surface area contributed by atoms with E-state index in [1.807, 2.05) is 26.8 Å². The van der Waals surface area contributed by atoms with Crippen LogP contribution in [0.1, 0.15) is 121 Å². The van der Waals surface area contributed by atoms with Crippen molar-refractivity contribution in [2.24, 2.45) is 0 Å². The summed E-state index contributed by atoms with van der Waals surface area (Å²) in [6.45, 7) is 12.4. The molecule has 6 aliphatic rings. The van der Waals surface area contributed by atoms with Gasteiger partial charge in [0.2, 0.25) is 0 Å². The van der Waals surface area contributed by atoms with Crippen LogP contribution in [0.5, 0.6) is 11.5 Å². The van der Waals surface area contributed by atoms with E-state index in [4.69, 9.17) is 81.1 Å². The molecule has 8 N–H and O–H groups in total. The number of aromatic nitrogens is 4. The average Bonchev–Trinajstić information content (AvgIpc) is 1.74. The molecule has 5 amide bonds. The molecule has 5 aromatic carbocycles. The van der Waals surface area contributed by atoms with Crippen LogP contribution < -0.4 is 37.3 Å². The number of halogens is 6. The normalized spacial score (nSPS) is 18.5. The van der Waals surface area contributed by atoms with Crippen LogP contribution in [0.3, 0.4) is 0 Å². The highest BCUT2D eigenvalue weighted by atomic mass is 35.5. The third-order valence-electron chi connectivity index (χ3n) is 18.2. The van der Waals surface area contributed by atoms with E-state index in [0.29, 0.717) is 59.4 Å². The number of benzene rings is 5. The van der Waals surface area contributed by atoms with E-state index in [2.05, 4.69) is 62.4 Å². The molecule has 5 atom stereocenters. The van der Waals surface area contributed by atoms with Gasteiger partial charge in [-0.05, 0) is 168 Å². The van der Waals surface area contributed by atoms with E-state index in [-0.39, 0.29) is 91.9 Å². The number of nitrogens with two attached hydrogens (primary N) is 3. The predicted molar refractivity (Wildman–Crippen MR) is 380 cm³/mol. The number of carbonyl (C=O) groups is 5. The first-order valence-electron chi connectivity index (χ1n) is 32.2. The van der Waals surface area contributed by atoms with Crippen molar-refractivity contribution in [3.63, 3.8) is 0 Å². The highest BCUT2D eigenvalue weighted by molar-refractivity contribution is 6.36. The van der Waals surface area contributed by atoms with Gasteiger partial charge in [-0.1, -0.05) is 46.4 Å². The molecule has 0 spiro atoms. The summed E-state index contributed by atoms with van der Waals surface area (Å²) >= 11 is 24.6. The van der Waals surface area contributed by atoms with Crippen molar-refractivity contribution in [1.82, 2.24) is 49.8 Å². The Balaban J connectivity index is 0.000000173. The maximum atomic E-state index is 14.2. The lowest BCUT2D eigenvalue weighted by molar-refractivity contribution is 0.0566. The average molecular weight is 1440 g/mol. The van der Waals surface area contributed by atoms with Gasteiger partial charge < -0.3 is 56.7 Å². The second kappa shape index (κ2) is 33.4. The molecule has 7 aromatic rings. The number of carbonyl (C=O) groups excluding carboxylic acids is 5. The number of rotatable bonds is 13. The third-order valence-corrected chi connectivity index (χ3v) is 19.7. The Kier molecular flexibility index (Phi) is 24.7. The van der Waals surface area contributed by atoms with Gasteiger partial charge in [-0.2, -0.15) is 0 Å². The lowest BCUT2D eigenvalue weighted by atomic mass is 10.1. The van der Waals surface area contributed by atoms with Crippen LogP contribution in [0.2, 0.25) is 20.1 Å². The molecule has 0 bridgehead atoms. The Morgan fingerprint density at radius 2 is 0.910 bits per heavy atom. The van der Waals surface area contributed by atoms with Crippen molar-refractivity contribution >= 4 is 121 Å². The molecule has 23 nitrogen and oxygen atoms in total. The molecule has 13 rings (SSSR count). The van der Waals surface area contributed by atoms with Gasteiger partial charge in [-0.15, -0.1) is 20.4 Å². The quantitative estimate of drug-likeness (QED) is 0.0311. The van der Waals surface area contributed by atoms with Crippen molar-refractivity contribution < 1.29 is 46.9 Å². The minimum absolute atomic E-state index is 0. The fourth-order valence-electron chi connectivity index (χ4n) is 13.0. The minimum Gasteiger partial charge on any atom is -0.527 e. The van der Waals surface area contributed by atoms with Gasteiger partial charge in [-0.3, -0.25) is 38.7 Å². The first kappa shape index (κ1) is 73.7. The van der Waals surface area contributed by atoms with Gasteiger partial charge in [0.15, 0.2) is 40.6 Å². The summed E-state index contributed by atoms with van der Waals surface area (Å²) in [5.41, 5.74) is 20.9. The SMILES string of the molecule is C[C@@H](Oc1cc(C(=O)Nc2ccc(C(=O)N3CCN4CCCC4C3)cc2)nnc1N)c1c(Cl)ccc(F)c1Cl.Nc1ccc(C(=O)N2CCN3CCCC3C2)cc1.[B].[B]OC#C[C@@H](Oc1cc(C(=O)Nc2ccc(C(=O)N3CCN4CCCC4C3)cc2)nnc1N)c1c(Cl)ccc(F)c1Cl. The summed E-state index contributed by atoms with van der Waals surface area (Å²) < 4.78 is 44.1. The highest BCUT2D eigenvalue weighted by Gasteiger charge is 2.36. The Bertz CT molecular complexity index is 4210. The van der Waals surface area contributed by atoms with E-state index in [0.717, 1.165) is 89.4 Å². The van der Waals surface area contributed by atoms with Crippen LogP contribution in [0.4, 0.5) is 37.5 Å². The van der Waals surface area contributed by atoms with Gasteiger partial charge in [-0.25, -0.2) is 8.78 Å². The molecule has 6 aliphatic heterocycles. The molecule has 6 saturated heterocycles. The predicted octanol–water partition coefficient (Wildman–Crippen LogP) is 9.48. The molecule has 0 saturated carbocycles. The minimum atomic E-state index is -1.30. The highest BCUT2D eigenvalue weighted by Crippen LogP contribution is 2.38. The fourth-order valence-corrected chi connectivity index (χ4v) is 14.2. The van der Waals surface area contributed by atoms with Crippen LogP contribution >= 0.6 is 46.4 Å². The number of anilines is 5. The van der Waals surface area contributed by atoms with E-state index < -0.39 is 35.7 Å². The van der Waals surface area contributed by atoms with Crippen LogP contribution in [-0.4, -0.2) is 192 Å². The zero-order chi connectivity index (χ0) is 70.0. The monoisotopic (exact) mass is 1440 g/mol. The Morgan fingerprint density at radius 1 is 0.530 bits per heavy atom. The second-order valence-corrected chi connectivity index (χ2v) is 26.1. The summed E-state index contributed by atoms with van der Waals surface area (Å²) in [5, 5.41) is 20.5. The van der Waals surface area contributed by atoms with Crippen LogP contribution in [0.25, 0.3) is 0 Å². The van der Waals surface area contributed by atoms with E-state index in [9.17, 15) is 32.8 Å². The number of hydrogen-bond acceptors (Lipinski definition) is 18. The number of hydrogen-bond donors (Lipinski definition) is 5. The van der Waals surface area contributed by atoms with Crippen molar-refractivity contribution in [1.29, 1.82) is 0 Å². The summed E-state index contributed by atoms with van der Waals surface area (Å²) in [6.07, 6.45) is 7.14. The molecule has 517 valence electrons. The molecule has 31 heteroatoms. The first-order valence-corrected chi connectivity index (χ1v) is 33.7. The molecule has 3 unspecified atom stereocenters. The molecule has 2 aromatic heterocycles. The maximum absolute atomic E-state index is 14.2. The first-order chi connectivity index (χ1) is 47.7. The Hall–Kier alpha value is -9.00. The smallest absolute Gasteiger partial charge is 0.392 e. The largest absolute Gasteiger partial charge is 0.527 e. The van der Waals surface area contributed by atoms with Crippen molar-refractivity contribution in [2.45, 2.75) is 75.8 Å². The lowest BCUT2D eigenvalue weighted by Crippen LogP contribution is -2.52. The summed E-state index contributed by atoms with van der Waals surface area (Å²) in [7, 11) is 5.01. The number of amides is 5. The zero-order valence-electron chi connectivity index (χ0n) is 54.4. The number of nitrogens with one attached hydrogen (secondary N) is 2. The van der Waals surface area contributed by atoms with Gasteiger partial charge >= 0.3 is 8.05 Å². The lowest BCUT2D eigenvalue weighted by Gasteiger charge is -2.37. The van der Waals surface area contributed by atoms with Gasteiger partial charge in [0.05, 0.1) is 21.2 Å². The standard InChI is InChI=1S/C28H24BCl2FN6O4.C27H27Cl2FN6O3.C14H19N3O.B/c29-41-13-9-22(24-19(30)7-8-20(32)25(24)31)42-23-14-21(35-36-26(23)33)27(39)34-17-5-3-16(4-6-17)28(40)38-12-11-37-10-1-2-18(37)15-38;1-15(23-19(28)8-9-20(30)24(23)29)39-22-13-21(33-34-25(22)31)26(37)32-17-6-4-16(5-7-17)27(38)36-12-11-35-10-2-3-18(35)14-36;15-12-5-3-11(4-6-12)14(18)17-9-8-16-7-1-2-13(16)10-17;/h3-8,14,18,22H,1-2,10-12,15H2,(H2,33,36)(H,34,39);4-9,13,15,18H,2-3,10-12,14H2,1H3,(H2,31,34)(H,32,37);3-6,13H,1-2,7-10,15H2;/t18?,22-;15-,18?;;/m11../s1. The van der Waals surface area contributed by atoms with Gasteiger partial charge in [0.25, 0.3) is 29.5 Å². The van der Waals surface area contributed by atoms with E-state index in [1.165, 1.54) is 56.5 Å². The Morgan fingerprint density at radius 3 is 1.32 bits per heavy atom. The molecule has 8 heterocycles. The van der Waals surface area contributed by atoms with E-state index in [1.54, 1.807) is 67.6 Å². The van der Waals surface area contributed by atoms with Crippen molar-refractivity contribution in [3.05, 3.63) is 180 Å².